The summed E-state index contributed by atoms with van der Waals surface area (Å²) in [5, 5.41) is 42.0. The van der Waals surface area contributed by atoms with E-state index < -0.39 is 28.3 Å². The molecule has 0 spiro atoms. The number of hydrogen-bond acceptors (Lipinski definition) is 5. The van der Waals surface area contributed by atoms with E-state index in [4.69, 9.17) is 4.74 Å². The third-order valence-electron chi connectivity index (χ3n) is 7.95. The molecule has 4 rings (SSSR count). The van der Waals surface area contributed by atoms with Gasteiger partial charge in [-0.1, -0.05) is 6.08 Å². The average Bonchev–Trinajstić information content (AvgIpc) is 2.98. The second kappa shape index (κ2) is 7.77. The summed E-state index contributed by atoms with van der Waals surface area (Å²) < 4.78 is 6.25. The lowest BCUT2D eigenvalue weighted by Crippen LogP contribution is -2.48. The highest BCUT2D eigenvalue weighted by molar-refractivity contribution is 5.51. The standard InChI is InChI=1S/C26H39N3O4/c1-23(2)13-17(24(3,4)28(23)31)14-27-15-20(30)21-10-9-16-11-18-19(12-22(16)33-21)26(7,8)29(32)25(18,5)6/h11-13,20-21,27,30H,9-10,14-15H2,1-8H3. The summed E-state index contributed by atoms with van der Waals surface area (Å²) in [6, 6.07) is 4.13. The Bertz CT molecular complexity index is 967. The fourth-order valence-electron chi connectivity index (χ4n) is 5.92. The monoisotopic (exact) mass is 457 g/mol. The van der Waals surface area contributed by atoms with Crippen LogP contribution in [0.15, 0.2) is 23.8 Å². The number of fused-ring (bicyclic) bond motifs is 2. The highest BCUT2D eigenvalue weighted by atomic mass is 16.5. The van der Waals surface area contributed by atoms with Gasteiger partial charge in [-0.3, -0.25) is 0 Å². The lowest BCUT2D eigenvalue weighted by Gasteiger charge is -2.34. The van der Waals surface area contributed by atoms with Crippen LogP contribution in [-0.4, -0.2) is 51.6 Å². The van der Waals surface area contributed by atoms with Gasteiger partial charge in [-0.2, -0.15) is 0 Å². The first-order valence-electron chi connectivity index (χ1n) is 12.0. The molecular formula is C26H39N3O4. The van der Waals surface area contributed by atoms with Gasteiger partial charge in [0.15, 0.2) is 0 Å². The molecular weight excluding hydrogens is 418 g/mol. The molecule has 2 N–H and O–H groups in total. The van der Waals surface area contributed by atoms with Crippen LogP contribution in [0.1, 0.15) is 78.5 Å². The highest BCUT2D eigenvalue weighted by Gasteiger charge is 2.51. The SMILES string of the molecule is CC1(C)C=C(CNCC(O)C2CCc3cc4c(cc3O2)C(C)(C)N([O])C4(C)C)C(C)(C)N1[O]. The van der Waals surface area contributed by atoms with E-state index in [1.54, 1.807) is 0 Å². The van der Waals surface area contributed by atoms with Crippen molar-refractivity contribution in [3.05, 3.63) is 40.5 Å². The normalized spacial score (nSPS) is 28.1. The van der Waals surface area contributed by atoms with Crippen LogP contribution in [0.25, 0.3) is 0 Å². The van der Waals surface area contributed by atoms with Crippen molar-refractivity contribution in [2.75, 3.05) is 13.1 Å². The molecule has 0 saturated carbocycles. The lowest BCUT2D eigenvalue weighted by atomic mass is 9.86. The molecule has 2 atom stereocenters. The Morgan fingerprint density at radius 3 is 2.18 bits per heavy atom. The number of aliphatic hydroxyl groups excluding tert-OH is 1. The zero-order valence-corrected chi connectivity index (χ0v) is 21.3. The minimum Gasteiger partial charge on any atom is -0.487 e. The van der Waals surface area contributed by atoms with Gasteiger partial charge in [-0.05, 0) is 103 Å². The maximum atomic E-state index is 12.9. The first kappa shape index (κ1) is 24.6. The molecule has 182 valence electrons. The number of nitrogens with one attached hydrogen (secondary N) is 1. The Morgan fingerprint density at radius 1 is 1.00 bits per heavy atom. The van der Waals surface area contributed by atoms with Gasteiger partial charge in [-0.25, -0.2) is 0 Å². The molecule has 0 aliphatic carbocycles. The smallest absolute Gasteiger partial charge is 0.126 e. The van der Waals surface area contributed by atoms with E-state index in [0.29, 0.717) is 13.1 Å². The predicted molar refractivity (Wildman–Crippen MR) is 125 cm³/mol. The first-order chi connectivity index (χ1) is 15.1. The Balaban J connectivity index is 1.42. The summed E-state index contributed by atoms with van der Waals surface area (Å²) in [6.45, 7) is 16.5. The zero-order chi connectivity index (χ0) is 24.6. The second-order valence-electron chi connectivity index (χ2n) is 12.0. The Labute approximate surface area is 197 Å². The molecule has 3 aliphatic rings. The number of hydrogen-bond donors (Lipinski definition) is 2. The van der Waals surface area contributed by atoms with Crippen LogP contribution in [0.2, 0.25) is 0 Å². The minimum absolute atomic E-state index is 0.318. The summed E-state index contributed by atoms with van der Waals surface area (Å²) in [7, 11) is 0. The van der Waals surface area contributed by atoms with E-state index >= 15 is 0 Å². The average molecular weight is 458 g/mol. The Morgan fingerprint density at radius 2 is 1.61 bits per heavy atom. The molecule has 33 heavy (non-hydrogen) atoms. The van der Waals surface area contributed by atoms with E-state index in [-0.39, 0.29) is 6.10 Å². The molecule has 3 heterocycles. The van der Waals surface area contributed by atoms with Crippen LogP contribution in [0, 0.1) is 0 Å². The van der Waals surface area contributed by atoms with Crippen LogP contribution in [0.5, 0.6) is 5.75 Å². The summed E-state index contributed by atoms with van der Waals surface area (Å²) >= 11 is 0. The minimum atomic E-state index is -0.673. The zero-order valence-electron chi connectivity index (χ0n) is 21.3. The van der Waals surface area contributed by atoms with Gasteiger partial charge in [0.1, 0.15) is 18.0 Å². The maximum Gasteiger partial charge on any atom is 0.126 e. The molecule has 0 saturated heterocycles. The molecule has 1 aromatic rings. The molecule has 0 aromatic heterocycles. The van der Waals surface area contributed by atoms with Gasteiger partial charge in [0.05, 0.1) is 22.2 Å². The van der Waals surface area contributed by atoms with Gasteiger partial charge in [0.2, 0.25) is 0 Å². The van der Waals surface area contributed by atoms with Gasteiger partial charge < -0.3 is 15.2 Å². The van der Waals surface area contributed by atoms with Crippen molar-refractivity contribution >= 4 is 0 Å². The second-order valence-corrected chi connectivity index (χ2v) is 12.0. The van der Waals surface area contributed by atoms with Crippen molar-refractivity contribution in [3.63, 3.8) is 0 Å². The number of aliphatic hydroxyl groups is 1. The molecule has 2 radical (unpaired) electrons. The topological polar surface area (TPSA) is 87.8 Å². The molecule has 1 aromatic carbocycles. The van der Waals surface area contributed by atoms with E-state index in [1.165, 1.54) is 5.06 Å². The van der Waals surface area contributed by atoms with E-state index in [2.05, 4.69) is 11.4 Å². The number of rotatable bonds is 5. The van der Waals surface area contributed by atoms with Crippen LogP contribution in [-0.2, 0) is 27.9 Å². The first-order valence-corrected chi connectivity index (χ1v) is 12.0. The van der Waals surface area contributed by atoms with Crippen molar-refractivity contribution in [1.82, 2.24) is 15.4 Å². The Kier molecular flexibility index (Phi) is 5.80. The summed E-state index contributed by atoms with van der Waals surface area (Å²) in [5.74, 6) is 0.770. The molecule has 7 heteroatoms. The molecule has 0 bridgehead atoms. The summed E-state index contributed by atoms with van der Waals surface area (Å²) in [6.07, 6.45) is 2.55. The fourth-order valence-corrected chi connectivity index (χ4v) is 5.92. The van der Waals surface area contributed by atoms with Gasteiger partial charge in [-0.15, -0.1) is 20.5 Å². The van der Waals surface area contributed by atoms with Crippen LogP contribution in [0.4, 0.5) is 0 Å². The van der Waals surface area contributed by atoms with Crippen LogP contribution >= 0.6 is 0 Å². The highest BCUT2D eigenvalue weighted by Crippen LogP contribution is 2.50. The fraction of sp³-hybridized carbons (Fsp3) is 0.692. The number of ether oxygens (including phenoxy) is 1. The van der Waals surface area contributed by atoms with Gasteiger partial charge in [0.25, 0.3) is 0 Å². The number of nitrogens with zero attached hydrogens (tertiary/aromatic N) is 2. The molecule has 2 unspecified atom stereocenters. The summed E-state index contributed by atoms with van der Waals surface area (Å²) in [4.78, 5) is 0. The van der Waals surface area contributed by atoms with Crippen molar-refractivity contribution in [1.29, 1.82) is 0 Å². The third-order valence-corrected chi connectivity index (χ3v) is 7.95. The van der Waals surface area contributed by atoms with Gasteiger partial charge >= 0.3 is 0 Å². The summed E-state index contributed by atoms with van der Waals surface area (Å²) in [5.41, 5.74) is 1.88. The van der Waals surface area contributed by atoms with E-state index in [9.17, 15) is 15.5 Å². The van der Waals surface area contributed by atoms with Crippen LogP contribution in [0.3, 0.4) is 0 Å². The maximum absolute atomic E-state index is 12.9. The van der Waals surface area contributed by atoms with Gasteiger partial charge in [0, 0.05) is 13.1 Å². The van der Waals surface area contributed by atoms with Crippen molar-refractivity contribution < 1.29 is 20.3 Å². The number of aryl methyl sites for hydroxylation is 1. The predicted octanol–water partition coefficient (Wildman–Crippen LogP) is 3.61. The number of hydroxylamine groups is 4. The Hall–Kier alpha value is -1.48. The molecule has 7 nitrogen and oxygen atoms in total. The van der Waals surface area contributed by atoms with E-state index in [0.717, 1.165) is 45.9 Å². The lowest BCUT2D eigenvalue weighted by molar-refractivity contribution is -0.266. The molecule has 0 amide bonds. The third kappa shape index (κ3) is 3.83. The van der Waals surface area contributed by atoms with Crippen LogP contribution < -0.4 is 10.1 Å². The quantitative estimate of drug-likeness (QED) is 0.660. The van der Waals surface area contributed by atoms with Crippen molar-refractivity contribution in [2.45, 2.75) is 103 Å². The van der Waals surface area contributed by atoms with Crippen molar-refractivity contribution in [3.8, 4) is 5.75 Å². The molecule has 0 fully saturated rings. The van der Waals surface area contributed by atoms with Crippen molar-refractivity contribution in [2.24, 2.45) is 0 Å². The van der Waals surface area contributed by atoms with E-state index in [1.807, 2.05) is 67.5 Å². The largest absolute Gasteiger partial charge is 0.487 e. The number of benzene rings is 1. The molecule has 3 aliphatic heterocycles.